The molecule has 0 fully saturated rings. The highest BCUT2D eigenvalue weighted by Gasteiger charge is 2.22. The Morgan fingerprint density at radius 2 is 1.26 bits per heavy atom. The van der Waals surface area contributed by atoms with Gasteiger partial charge < -0.3 is 0 Å². The van der Waals surface area contributed by atoms with Crippen LogP contribution in [0.25, 0.3) is 5.57 Å². The first-order valence-electron chi connectivity index (χ1n) is 5.89. The van der Waals surface area contributed by atoms with Gasteiger partial charge in [0.25, 0.3) is 0 Å². The van der Waals surface area contributed by atoms with Gasteiger partial charge in [0.05, 0.1) is 5.57 Å². The van der Waals surface area contributed by atoms with E-state index in [1.165, 1.54) is 9.79 Å². The fourth-order valence-corrected chi connectivity index (χ4v) is 3.33. The lowest BCUT2D eigenvalue weighted by atomic mass is 9.93. The maximum atomic E-state index is 5.57. The van der Waals surface area contributed by atoms with E-state index in [2.05, 4.69) is 36.1 Å². The summed E-state index contributed by atoms with van der Waals surface area (Å²) in [5.41, 5.74) is 3.85. The summed E-state index contributed by atoms with van der Waals surface area (Å²) in [6, 6.07) is 16.4. The Kier molecular flexibility index (Phi) is 2.92. The van der Waals surface area contributed by atoms with E-state index in [4.69, 9.17) is 12.8 Å². The Bertz CT molecular complexity index is 703. The van der Waals surface area contributed by atoms with Crippen molar-refractivity contribution in [2.45, 2.75) is 9.79 Å². The molecular weight excluding hydrogens is 248 g/mol. The van der Waals surface area contributed by atoms with Crippen molar-refractivity contribution in [3.63, 3.8) is 0 Å². The molecule has 0 spiro atoms. The second-order valence-electron chi connectivity index (χ2n) is 4.13. The third-order valence-corrected chi connectivity index (χ3v) is 4.22. The number of hydrogen-bond donors (Lipinski definition) is 0. The van der Waals surface area contributed by atoms with E-state index in [1.54, 1.807) is 11.8 Å². The maximum absolute atomic E-state index is 5.57. The van der Waals surface area contributed by atoms with Crippen LogP contribution < -0.4 is 0 Å². The molecule has 1 aliphatic heterocycles. The van der Waals surface area contributed by atoms with Crippen molar-refractivity contribution < 1.29 is 0 Å². The van der Waals surface area contributed by atoms with Crippen molar-refractivity contribution in [1.29, 1.82) is 0 Å². The lowest BCUT2D eigenvalue weighted by molar-refractivity contribution is 1.28. The largest absolute Gasteiger partial charge is 0.114 e. The van der Waals surface area contributed by atoms with Crippen LogP contribution in [0.1, 0.15) is 11.1 Å². The molecule has 0 amide bonds. The number of terminal acetylenes is 2. The molecule has 19 heavy (non-hydrogen) atoms. The molecule has 3 rings (SSSR count). The molecule has 88 valence electrons. The number of hydrogen-bond acceptors (Lipinski definition) is 1. The van der Waals surface area contributed by atoms with E-state index in [-0.39, 0.29) is 0 Å². The first-order valence-corrected chi connectivity index (χ1v) is 6.71. The van der Waals surface area contributed by atoms with Crippen LogP contribution in [0, 0.1) is 24.7 Å². The zero-order valence-electron chi connectivity index (χ0n) is 10.2. The second-order valence-corrected chi connectivity index (χ2v) is 5.22. The van der Waals surface area contributed by atoms with Crippen LogP contribution in [0.15, 0.2) is 63.9 Å². The van der Waals surface area contributed by atoms with Gasteiger partial charge in [-0.15, -0.1) is 12.8 Å². The Hall–Kier alpha value is -2.35. The van der Waals surface area contributed by atoms with Crippen LogP contribution in [0.5, 0.6) is 0 Å². The summed E-state index contributed by atoms with van der Waals surface area (Å²) in [5, 5.41) is 0. The third-order valence-electron chi connectivity index (χ3n) is 3.07. The first kappa shape index (κ1) is 11.7. The summed E-state index contributed by atoms with van der Waals surface area (Å²) in [6.07, 6.45) is 11.1. The summed E-state index contributed by atoms with van der Waals surface area (Å²) in [5.74, 6) is 5.27. The molecule has 0 bridgehead atoms. The molecule has 0 nitrogen and oxygen atoms in total. The second kappa shape index (κ2) is 4.73. The van der Waals surface area contributed by atoms with Gasteiger partial charge in [-0.25, -0.2) is 0 Å². The standard InChI is InChI=1S/C18H10S/c1-3-13(4-2)18-14-9-5-7-11-16(14)19-17-12-8-6-10-15(17)18/h1-2,5-12H. The molecule has 0 saturated carbocycles. The van der Waals surface area contributed by atoms with Crippen LogP contribution in [-0.4, -0.2) is 0 Å². The zero-order valence-corrected chi connectivity index (χ0v) is 11.0. The van der Waals surface area contributed by atoms with E-state index in [0.29, 0.717) is 5.57 Å². The molecule has 1 heterocycles. The molecule has 0 N–H and O–H groups in total. The Labute approximate surface area is 117 Å². The molecule has 0 saturated heterocycles. The summed E-state index contributed by atoms with van der Waals surface area (Å²) >= 11 is 1.75. The fraction of sp³-hybridized carbons (Fsp3) is 0. The monoisotopic (exact) mass is 258 g/mol. The lowest BCUT2D eigenvalue weighted by Gasteiger charge is -2.22. The summed E-state index contributed by atoms with van der Waals surface area (Å²) in [6.45, 7) is 0. The molecular formula is C18H10S. The molecule has 0 aromatic heterocycles. The highest BCUT2D eigenvalue weighted by molar-refractivity contribution is 7.99. The van der Waals surface area contributed by atoms with Gasteiger partial charge in [-0.3, -0.25) is 0 Å². The summed E-state index contributed by atoms with van der Waals surface area (Å²) in [4.78, 5) is 2.39. The number of fused-ring (bicyclic) bond motifs is 2. The minimum absolute atomic E-state index is 0.611. The topological polar surface area (TPSA) is 0 Å². The van der Waals surface area contributed by atoms with Gasteiger partial charge in [0, 0.05) is 15.4 Å². The maximum Gasteiger partial charge on any atom is 0.0823 e. The average Bonchev–Trinajstić information content (AvgIpc) is 2.47. The Balaban J connectivity index is 2.40. The van der Waals surface area contributed by atoms with Crippen LogP contribution in [0.3, 0.4) is 0 Å². The van der Waals surface area contributed by atoms with E-state index in [9.17, 15) is 0 Å². The highest BCUT2D eigenvalue weighted by Crippen LogP contribution is 2.46. The fourth-order valence-electron chi connectivity index (χ4n) is 2.24. The van der Waals surface area contributed by atoms with Crippen molar-refractivity contribution in [1.82, 2.24) is 0 Å². The van der Waals surface area contributed by atoms with Crippen LogP contribution in [-0.2, 0) is 0 Å². The molecule has 0 unspecified atom stereocenters. The van der Waals surface area contributed by atoms with Crippen LogP contribution in [0.2, 0.25) is 0 Å². The van der Waals surface area contributed by atoms with Crippen LogP contribution in [0.4, 0.5) is 0 Å². The summed E-state index contributed by atoms with van der Waals surface area (Å²) in [7, 11) is 0. The highest BCUT2D eigenvalue weighted by atomic mass is 32.2. The minimum Gasteiger partial charge on any atom is -0.114 e. The van der Waals surface area contributed by atoms with Crippen molar-refractivity contribution in [3.05, 3.63) is 65.2 Å². The number of rotatable bonds is 0. The van der Waals surface area contributed by atoms with Gasteiger partial charge in [-0.05, 0) is 23.3 Å². The van der Waals surface area contributed by atoms with Gasteiger partial charge >= 0.3 is 0 Å². The minimum atomic E-state index is 0.611. The number of allylic oxidation sites excluding steroid dienone is 1. The van der Waals surface area contributed by atoms with Crippen molar-refractivity contribution in [2.24, 2.45) is 0 Å². The van der Waals surface area contributed by atoms with Crippen molar-refractivity contribution >= 4 is 17.3 Å². The normalized spacial score (nSPS) is 11.8. The third kappa shape index (κ3) is 1.85. The van der Waals surface area contributed by atoms with Gasteiger partial charge in [-0.2, -0.15) is 0 Å². The quantitative estimate of drug-likeness (QED) is 0.544. The molecule has 0 atom stereocenters. The van der Waals surface area contributed by atoms with E-state index in [0.717, 1.165) is 16.7 Å². The van der Waals surface area contributed by atoms with E-state index < -0.39 is 0 Å². The molecule has 1 heteroatoms. The summed E-state index contributed by atoms with van der Waals surface area (Å²) < 4.78 is 0. The SMILES string of the molecule is C#CC(C#C)=C1c2ccccc2Sc2ccccc21. The Morgan fingerprint density at radius 3 is 1.74 bits per heavy atom. The lowest BCUT2D eigenvalue weighted by Crippen LogP contribution is -2.01. The van der Waals surface area contributed by atoms with E-state index >= 15 is 0 Å². The number of benzene rings is 2. The molecule has 0 radical (unpaired) electrons. The van der Waals surface area contributed by atoms with Crippen molar-refractivity contribution in [2.75, 3.05) is 0 Å². The zero-order chi connectivity index (χ0) is 13.2. The van der Waals surface area contributed by atoms with Crippen LogP contribution >= 0.6 is 11.8 Å². The molecule has 2 aromatic carbocycles. The Morgan fingerprint density at radius 1 is 0.789 bits per heavy atom. The molecule has 2 aromatic rings. The molecule has 1 aliphatic rings. The predicted molar refractivity (Wildman–Crippen MR) is 80.7 cm³/mol. The van der Waals surface area contributed by atoms with Gasteiger partial charge in [0.1, 0.15) is 0 Å². The first-order chi connectivity index (χ1) is 9.35. The predicted octanol–water partition coefficient (Wildman–Crippen LogP) is 4.22. The molecule has 0 aliphatic carbocycles. The van der Waals surface area contributed by atoms with Gasteiger partial charge in [-0.1, -0.05) is 60.0 Å². The average molecular weight is 258 g/mol. The van der Waals surface area contributed by atoms with E-state index in [1.807, 2.05) is 24.3 Å². The smallest absolute Gasteiger partial charge is 0.0823 e. The van der Waals surface area contributed by atoms with Crippen molar-refractivity contribution in [3.8, 4) is 24.7 Å². The van der Waals surface area contributed by atoms with Gasteiger partial charge in [0.15, 0.2) is 0 Å². The van der Waals surface area contributed by atoms with Gasteiger partial charge in [0.2, 0.25) is 0 Å².